The maximum atomic E-state index is 12.9. The number of aliphatic hydroxyl groups excluding tert-OH is 5. The van der Waals surface area contributed by atoms with Crippen molar-refractivity contribution in [3.05, 3.63) is 97.2 Å². The number of unbranched alkanes of at least 4 members (excludes halogenated alkanes) is 17. The van der Waals surface area contributed by atoms with Crippen LogP contribution in [0.25, 0.3) is 0 Å². The molecule has 12 nitrogen and oxygen atoms in total. The maximum Gasteiger partial charge on any atom is 0.472 e. The predicted molar refractivity (Wildman–Crippen MR) is 285 cm³/mol. The summed E-state index contributed by atoms with van der Waals surface area (Å²) in [5, 5.41) is 50.4. The number of phosphoric ester groups is 1. The van der Waals surface area contributed by atoms with Crippen molar-refractivity contribution < 1.29 is 58.3 Å². The van der Waals surface area contributed by atoms with E-state index in [1.54, 1.807) is 0 Å². The Bertz CT molecular complexity index is 1520. The highest BCUT2D eigenvalue weighted by molar-refractivity contribution is 7.47. The van der Waals surface area contributed by atoms with Gasteiger partial charge in [-0.3, -0.25) is 13.8 Å². The predicted octanol–water partition coefficient (Wildman–Crippen LogP) is 12.6. The molecule has 0 aromatic carbocycles. The molecule has 70 heavy (non-hydrogen) atoms. The lowest BCUT2D eigenvalue weighted by atomic mass is 9.85. The van der Waals surface area contributed by atoms with Crippen molar-refractivity contribution in [2.75, 3.05) is 19.8 Å². The third-order valence-corrected chi connectivity index (χ3v) is 12.9. The lowest BCUT2D eigenvalue weighted by molar-refractivity contribution is -0.220. The lowest BCUT2D eigenvalue weighted by Gasteiger charge is -2.41. The third-order valence-electron chi connectivity index (χ3n) is 11.9. The van der Waals surface area contributed by atoms with Gasteiger partial charge in [0.05, 0.1) is 13.2 Å². The van der Waals surface area contributed by atoms with Crippen molar-refractivity contribution >= 4 is 13.8 Å². The zero-order valence-corrected chi connectivity index (χ0v) is 44.2. The minimum absolute atomic E-state index is 0.0941. The molecule has 0 spiro atoms. The molecule has 6 unspecified atom stereocenters. The highest BCUT2D eigenvalue weighted by Crippen LogP contribution is 2.47. The number of rotatable bonds is 45. The summed E-state index contributed by atoms with van der Waals surface area (Å²) in [6.45, 7) is 4.09. The van der Waals surface area contributed by atoms with Crippen LogP contribution in [-0.4, -0.2) is 98.9 Å². The summed E-state index contributed by atoms with van der Waals surface area (Å²) in [5.41, 5.74) is 0. The Hall–Kier alpha value is -2.74. The number of esters is 1. The number of phosphoric acid groups is 1. The molecule has 0 amide bonds. The molecule has 1 aliphatic rings. The van der Waals surface area contributed by atoms with Gasteiger partial charge in [0.15, 0.2) is 0 Å². The Balaban J connectivity index is 2.35. The van der Waals surface area contributed by atoms with Gasteiger partial charge < -0.3 is 39.9 Å². The molecule has 1 rings (SSSR count). The molecule has 0 aromatic heterocycles. The Morgan fingerprint density at radius 3 is 1.29 bits per heavy atom. The summed E-state index contributed by atoms with van der Waals surface area (Å²) < 4.78 is 34.3. The van der Waals surface area contributed by atoms with Crippen molar-refractivity contribution in [1.82, 2.24) is 0 Å². The summed E-state index contributed by atoms with van der Waals surface area (Å²) in [5.74, 6) is -0.495. The van der Waals surface area contributed by atoms with E-state index in [-0.39, 0.29) is 13.0 Å². The van der Waals surface area contributed by atoms with Crippen molar-refractivity contribution in [1.29, 1.82) is 0 Å². The van der Waals surface area contributed by atoms with Crippen molar-refractivity contribution in [2.45, 2.75) is 236 Å². The number of hydrogen-bond donors (Lipinski definition) is 6. The van der Waals surface area contributed by atoms with Gasteiger partial charge in [0.2, 0.25) is 0 Å². The smallest absolute Gasteiger partial charge is 0.457 e. The van der Waals surface area contributed by atoms with Crippen LogP contribution in [0.3, 0.4) is 0 Å². The van der Waals surface area contributed by atoms with E-state index < -0.39 is 63.1 Å². The Morgan fingerprint density at radius 1 is 0.471 bits per heavy atom. The second kappa shape index (κ2) is 46.1. The van der Waals surface area contributed by atoms with Crippen LogP contribution in [0.5, 0.6) is 0 Å². The largest absolute Gasteiger partial charge is 0.472 e. The highest BCUT2D eigenvalue weighted by Gasteiger charge is 2.51. The van der Waals surface area contributed by atoms with Crippen LogP contribution in [0.4, 0.5) is 0 Å². The molecule has 1 saturated carbocycles. The fourth-order valence-electron chi connectivity index (χ4n) is 7.68. The van der Waals surface area contributed by atoms with E-state index in [1.165, 1.54) is 44.9 Å². The quantitative estimate of drug-likeness (QED) is 0.0147. The molecule has 402 valence electrons. The van der Waals surface area contributed by atoms with E-state index in [2.05, 4.69) is 111 Å². The average Bonchev–Trinajstić information content (AvgIpc) is 3.35. The fourth-order valence-corrected chi connectivity index (χ4v) is 8.66. The summed E-state index contributed by atoms with van der Waals surface area (Å²) in [7, 11) is -5.04. The minimum atomic E-state index is -5.04. The van der Waals surface area contributed by atoms with Gasteiger partial charge in [-0.1, -0.05) is 188 Å². The number of hydrogen-bond acceptors (Lipinski definition) is 11. The third kappa shape index (κ3) is 37.1. The lowest BCUT2D eigenvalue weighted by Crippen LogP contribution is -2.64. The van der Waals surface area contributed by atoms with Crippen LogP contribution in [0.1, 0.15) is 194 Å². The molecule has 0 bridgehead atoms. The molecule has 0 aromatic rings. The first-order valence-corrected chi connectivity index (χ1v) is 28.6. The SMILES string of the molecule is CC/C=C\C/C=C\C/C=C\C/C=C\C/C=C\CCCCCCCCCC(=O)OC(COCCCCCCCCC/C=C\C/C=C\C/C=C\CCCCC)COP(=O)(O)OC1C(O)C(O)C(O)C(O)C1O. The molecule has 0 heterocycles. The molecule has 0 aliphatic heterocycles. The first kappa shape index (κ1) is 65.3. The van der Waals surface area contributed by atoms with Crippen LogP contribution >= 0.6 is 7.82 Å². The van der Waals surface area contributed by atoms with E-state index in [1.807, 2.05) is 0 Å². The molecule has 13 heteroatoms. The second-order valence-electron chi connectivity index (χ2n) is 18.3. The zero-order chi connectivity index (χ0) is 51.2. The number of aliphatic hydroxyl groups is 5. The van der Waals surface area contributed by atoms with Gasteiger partial charge in [0.25, 0.3) is 0 Å². The van der Waals surface area contributed by atoms with Gasteiger partial charge in [0, 0.05) is 13.0 Å². The van der Waals surface area contributed by atoms with Gasteiger partial charge in [-0.2, -0.15) is 0 Å². The average molecular weight is 1010 g/mol. The van der Waals surface area contributed by atoms with Crippen LogP contribution in [0, 0.1) is 0 Å². The first-order valence-electron chi connectivity index (χ1n) is 27.1. The van der Waals surface area contributed by atoms with Crippen LogP contribution < -0.4 is 0 Å². The van der Waals surface area contributed by atoms with Crippen LogP contribution in [0.2, 0.25) is 0 Å². The van der Waals surface area contributed by atoms with Gasteiger partial charge in [-0.05, 0) is 96.3 Å². The number of carbonyl (C=O) groups excluding carboxylic acids is 1. The van der Waals surface area contributed by atoms with E-state index in [4.69, 9.17) is 18.5 Å². The molecule has 0 radical (unpaired) electrons. The minimum Gasteiger partial charge on any atom is -0.457 e. The Kier molecular flexibility index (Phi) is 43.0. The Labute approximate surface area is 424 Å². The standard InChI is InChI=1S/C57H97O12P/c1-3-5-7-9-11-13-15-17-19-21-23-25-26-27-28-30-32-34-36-38-40-42-44-46-51(58)68-50(49-67-70(64,65)69-57-55(62)53(60)52(59)54(61)56(57)63)48-66-47-45-43-41-39-37-35-33-31-29-24-22-20-18-16-14-12-10-8-6-4-2/h5,7,11-14,17-20,23-25,27-29,50,52-57,59-63H,3-4,6,8-10,15-16,21-22,26,30-49H2,1-2H3,(H,64,65)/b7-5-,13-11-,14-12-,19-17-,20-18-,25-23-,28-27-,29-24-. The zero-order valence-electron chi connectivity index (χ0n) is 43.3. The summed E-state index contributed by atoms with van der Waals surface area (Å²) in [6, 6.07) is 0. The van der Waals surface area contributed by atoms with E-state index in [0.29, 0.717) is 13.0 Å². The van der Waals surface area contributed by atoms with E-state index in [0.717, 1.165) is 122 Å². The molecule has 1 aliphatic carbocycles. The monoisotopic (exact) mass is 1000 g/mol. The molecule has 6 N–H and O–H groups in total. The number of allylic oxidation sites excluding steroid dienone is 16. The van der Waals surface area contributed by atoms with Crippen molar-refractivity contribution in [2.24, 2.45) is 0 Å². The summed E-state index contributed by atoms with van der Waals surface area (Å²) >= 11 is 0. The fraction of sp³-hybridized carbons (Fsp3) is 0.702. The number of carbonyl (C=O) groups is 1. The van der Waals surface area contributed by atoms with E-state index >= 15 is 0 Å². The second-order valence-corrected chi connectivity index (χ2v) is 19.7. The molecule has 6 atom stereocenters. The van der Waals surface area contributed by atoms with Crippen LogP contribution in [-0.2, 0) is 27.9 Å². The highest BCUT2D eigenvalue weighted by atomic mass is 31.2. The van der Waals surface area contributed by atoms with Gasteiger partial charge in [0.1, 0.15) is 42.7 Å². The molecule has 0 saturated heterocycles. The summed E-state index contributed by atoms with van der Waals surface area (Å²) in [6.07, 6.45) is 51.7. The maximum absolute atomic E-state index is 12.9. The topological polar surface area (TPSA) is 192 Å². The molecular weight excluding hydrogens is 908 g/mol. The van der Waals surface area contributed by atoms with Crippen molar-refractivity contribution in [3.8, 4) is 0 Å². The molecule has 1 fully saturated rings. The Morgan fingerprint density at radius 2 is 0.843 bits per heavy atom. The number of ether oxygens (including phenoxy) is 2. The van der Waals surface area contributed by atoms with Gasteiger partial charge in [-0.15, -0.1) is 0 Å². The van der Waals surface area contributed by atoms with E-state index in [9.17, 15) is 39.8 Å². The van der Waals surface area contributed by atoms with Gasteiger partial charge >= 0.3 is 13.8 Å². The van der Waals surface area contributed by atoms with Gasteiger partial charge in [-0.25, -0.2) is 4.57 Å². The summed E-state index contributed by atoms with van der Waals surface area (Å²) in [4.78, 5) is 23.3. The van der Waals surface area contributed by atoms with Crippen LogP contribution in [0.15, 0.2) is 97.2 Å². The first-order chi connectivity index (χ1) is 34.0. The van der Waals surface area contributed by atoms with Crippen molar-refractivity contribution in [3.63, 3.8) is 0 Å². The molecular formula is C57H97O12P. The normalized spacial score (nSPS) is 21.7.